The molecule has 1 rings (SSSR count). The summed E-state index contributed by atoms with van der Waals surface area (Å²) in [5.41, 5.74) is 0. The van der Waals surface area contributed by atoms with E-state index in [9.17, 15) is 0 Å². The van der Waals surface area contributed by atoms with Crippen LogP contribution in [0, 0.1) is 0 Å². The van der Waals surface area contributed by atoms with Gasteiger partial charge in [0.15, 0.2) is 0 Å². The van der Waals surface area contributed by atoms with Gasteiger partial charge in [0.25, 0.3) is 0 Å². The predicted molar refractivity (Wildman–Crippen MR) is 36.8 cm³/mol. The van der Waals surface area contributed by atoms with Gasteiger partial charge in [-0.1, -0.05) is 29.8 Å². The Morgan fingerprint density at radius 1 is 1.38 bits per heavy atom. The first-order valence-corrected chi connectivity index (χ1v) is 2.96. The minimum absolute atomic E-state index is 0.804. The molecule has 0 heterocycles. The third kappa shape index (κ3) is 1.55. The molecule has 0 unspecified atom stereocenters. The van der Waals surface area contributed by atoms with Crippen LogP contribution in [0.15, 0.2) is 35.4 Å². The van der Waals surface area contributed by atoms with Crippen LogP contribution < -0.4 is 0 Å². The van der Waals surface area contributed by atoms with Gasteiger partial charge in [0, 0.05) is 5.03 Å². The van der Waals surface area contributed by atoms with Crippen molar-refractivity contribution in [3.63, 3.8) is 0 Å². The highest BCUT2D eigenvalue weighted by Gasteiger charge is 1.82. The summed E-state index contributed by atoms with van der Waals surface area (Å²) < 4.78 is 0. The Balaban J connectivity index is 2.73. The van der Waals surface area contributed by atoms with E-state index in [1.165, 1.54) is 0 Å². The zero-order chi connectivity index (χ0) is 5.82. The molecule has 1 aliphatic rings. The van der Waals surface area contributed by atoms with E-state index in [-0.39, 0.29) is 0 Å². The Labute approximate surface area is 54.2 Å². The number of allylic oxidation sites excluding steroid dienone is 6. The van der Waals surface area contributed by atoms with E-state index in [2.05, 4.69) is 6.08 Å². The zero-order valence-electron chi connectivity index (χ0n) is 4.47. The van der Waals surface area contributed by atoms with Crippen LogP contribution >= 0.6 is 11.6 Å². The average molecular weight is 127 g/mol. The molecule has 0 aromatic rings. The van der Waals surface area contributed by atoms with E-state index in [0.29, 0.717) is 0 Å². The Morgan fingerprint density at radius 2 is 2.25 bits per heavy atom. The first-order chi connectivity index (χ1) is 3.89. The molecule has 0 radical (unpaired) electrons. The minimum atomic E-state index is 0.804. The molecule has 0 saturated heterocycles. The second kappa shape index (κ2) is 2.73. The van der Waals surface area contributed by atoms with Crippen molar-refractivity contribution in [1.82, 2.24) is 0 Å². The normalized spacial score (nSPS) is 17.9. The SMILES string of the molecule is ClC1=CC=CCC=C1. The first-order valence-electron chi connectivity index (χ1n) is 2.58. The van der Waals surface area contributed by atoms with Gasteiger partial charge in [0.05, 0.1) is 0 Å². The molecule has 8 heavy (non-hydrogen) atoms. The van der Waals surface area contributed by atoms with Gasteiger partial charge < -0.3 is 0 Å². The van der Waals surface area contributed by atoms with E-state index in [1.807, 2.05) is 24.3 Å². The predicted octanol–water partition coefficient (Wildman–Crippen LogP) is 2.63. The molecule has 0 N–H and O–H groups in total. The van der Waals surface area contributed by atoms with Crippen LogP contribution in [0.3, 0.4) is 0 Å². The lowest BCUT2D eigenvalue weighted by molar-refractivity contribution is 1.41. The lowest BCUT2D eigenvalue weighted by Gasteiger charge is -1.77. The first kappa shape index (κ1) is 5.64. The summed E-state index contributed by atoms with van der Waals surface area (Å²) in [6.45, 7) is 0. The Bertz CT molecular complexity index is 152. The molecular weight excluding hydrogens is 120 g/mol. The largest absolute Gasteiger partial charge is 0.0844 e. The molecular formula is C7H7Cl. The average Bonchev–Trinajstić information content (AvgIpc) is 1.94. The molecule has 1 aliphatic carbocycles. The Morgan fingerprint density at radius 3 is 3.12 bits per heavy atom. The highest BCUT2D eigenvalue weighted by Crippen LogP contribution is 2.07. The van der Waals surface area contributed by atoms with Crippen molar-refractivity contribution in [2.24, 2.45) is 0 Å². The van der Waals surface area contributed by atoms with Gasteiger partial charge in [0.1, 0.15) is 0 Å². The van der Waals surface area contributed by atoms with Gasteiger partial charge in [0.2, 0.25) is 0 Å². The third-order valence-corrected chi connectivity index (χ3v) is 1.19. The smallest absolute Gasteiger partial charge is 0.0402 e. The number of hydrogen-bond acceptors (Lipinski definition) is 0. The molecule has 0 aliphatic heterocycles. The fourth-order valence-electron chi connectivity index (χ4n) is 0.553. The van der Waals surface area contributed by atoms with Crippen molar-refractivity contribution >= 4 is 11.6 Å². The lowest BCUT2D eigenvalue weighted by atomic mass is 10.4. The van der Waals surface area contributed by atoms with E-state index < -0.39 is 0 Å². The standard InChI is InChI=1S/C7H7Cl/c8-7-5-3-1-2-4-6-7/h1,3-6H,2H2. The summed E-state index contributed by atoms with van der Waals surface area (Å²) in [7, 11) is 0. The highest BCUT2D eigenvalue weighted by atomic mass is 35.5. The van der Waals surface area contributed by atoms with E-state index in [4.69, 9.17) is 11.6 Å². The molecule has 0 spiro atoms. The van der Waals surface area contributed by atoms with Crippen LogP contribution in [0.1, 0.15) is 6.42 Å². The van der Waals surface area contributed by atoms with Crippen molar-refractivity contribution in [3.8, 4) is 0 Å². The van der Waals surface area contributed by atoms with Crippen molar-refractivity contribution in [3.05, 3.63) is 35.4 Å². The summed E-state index contributed by atoms with van der Waals surface area (Å²) in [5, 5.41) is 0.804. The minimum Gasteiger partial charge on any atom is -0.0844 e. The molecule has 0 saturated carbocycles. The van der Waals surface area contributed by atoms with Crippen molar-refractivity contribution in [2.45, 2.75) is 6.42 Å². The van der Waals surface area contributed by atoms with Crippen LogP contribution in [0.2, 0.25) is 0 Å². The van der Waals surface area contributed by atoms with Crippen LogP contribution in [0.4, 0.5) is 0 Å². The molecule has 0 amide bonds. The number of rotatable bonds is 0. The van der Waals surface area contributed by atoms with E-state index >= 15 is 0 Å². The summed E-state index contributed by atoms with van der Waals surface area (Å²) in [5.74, 6) is 0. The quantitative estimate of drug-likeness (QED) is 0.468. The zero-order valence-corrected chi connectivity index (χ0v) is 5.23. The summed E-state index contributed by atoms with van der Waals surface area (Å²) in [4.78, 5) is 0. The van der Waals surface area contributed by atoms with Gasteiger partial charge in [-0.2, -0.15) is 0 Å². The molecule has 0 fully saturated rings. The second-order valence-corrected chi connectivity index (χ2v) is 2.05. The second-order valence-electron chi connectivity index (χ2n) is 1.62. The molecule has 0 atom stereocenters. The van der Waals surface area contributed by atoms with Crippen molar-refractivity contribution < 1.29 is 0 Å². The maximum absolute atomic E-state index is 5.64. The maximum Gasteiger partial charge on any atom is 0.0402 e. The summed E-state index contributed by atoms with van der Waals surface area (Å²) >= 11 is 5.64. The van der Waals surface area contributed by atoms with Crippen LogP contribution in [-0.2, 0) is 0 Å². The third-order valence-electron chi connectivity index (χ3n) is 0.941. The summed E-state index contributed by atoms with van der Waals surface area (Å²) in [6.07, 6.45) is 10.8. The molecule has 0 nitrogen and oxygen atoms in total. The van der Waals surface area contributed by atoms with Gasteiger partial charge in [-0.25, -0.2) is 0 Å². The topological polar surface area (TPSA) is 0 Å². The Hall–Kier alpha value is -0.490. The van der Waals surface area contributed by atoms with Gasteiger partial charge in [-0.15, -0.1) is 0 Å². The molecule has 0 aromatic carbocycles. The molecule has 42 valence electrons. The van der Waals surface area contributed by atoms with Crippen molar-refractivity contribution in [1.29, 1.82) is 0 Å². The number of hydrogen-bond donors (Lipinski definition) is 0. The highest BCUT2D eigenvalue weighted by molar-refractivity contribution is 6.31. The van der Waals surface area contributed by atoms with Crippen LogP contribution in [0.25, 0.3) is 0 Å². The van der Waals surface area contributed by atoms with Gasteiger partial charge in [-0.05, 0) is 18.6 Å². The van der Waals surface area contributed by atoms with Gasteiger partial charge in [-0.3, -0.25) is 0 Å². The van der Waals surface area contributed by atoms with E-state index in [1.54, 1.807) is 0 Å². The number of halogens is 1. The monoisotopic (exact) mass is 126 g/mol. The van der Waals surface area contributed by atoms with Crippen LogP contribution in [-0.4, -0.2) is 0 Å². The lowest BCUT2D eigenvalue weighted by Crippen LogP contribution is -1.55. The summed E-state index contributed by atoms with van der Waals surface area (Å²) in [6, 6.07) is 0. The Kier molecular flexibility index (Phi) is 1.93. The maximum atomic E-state index is 5.64. The molecule has 1 heteroatoms. The fourth-order valence-corrected chi connectivity index (χ4v) is 0.715. The van der Waals surface area contributed by atoms with Crippen molar-refractivity contribution in [2.75, 3.05) is 0 Å². The molecule has 0 bridgehead atoms. The fraction of sp³-hybridized carbons (Fsp3) is 0.143. The van der Waals surface area contributed by atoms with Crippen LogP contribution in [0.5, 0.6) is 0 Å². The van der Waals surface area contributed by atoms with E-state index in [0.717, 1.165) is 11.5 Å². The molecule has 0 aromatic heterocycles. The van der Waals surface area contributed by atoms with Gasteiger partial charge >= 0.3 is 0 Å².